The Balaban J connectivity index is 2.02. The maximum Gasteiger partial charge on any atom is 0.262 e. The number of benzene rings is 2. The van der Waals surface area contributed by atoms with E-state index in [1.165, 1.54) is 0 Å². The zero-order valence-electron chi connectivity index (χ0n) is 15.2. The number of carbonyl (C=O) groups excluding carboxylic acids is 1. The summed E-state index contributed by atoms with van der Waals surface area (Å²) in [6.07, 6.45) is 1.55. The van der Waals surface area contributed by atoms with Crippen LogP contribution in [-0.2, 0) is 4.79 Å². The van der Waals surface area contributed by atoms with Gasteiger partial charge in [-0.2, -0.15) is 5.10 Å². The minimum atomic E-state index is -0.252. The van der Waals surface area contributed by atoms with Crippen LogP contribution >= 0.6 is 12.2 Å². The number of hydrazone groups is 1. The molecular weight excluding hydrogens is 364 g/mol. The van der Waals surface area contributed by atoms with E-state index in [0.717, 1.165) is 16.8 Å². The summed E-state index contributed by atoms with van der Waals surface area (Å²) in [7, 11) is 0. The second-order valence-electron chi connectivity index (χ2n) is 5.53. The van der Waals surface area contributed by atoms with Gasteiger partial charge in [0.05, 0.1) is 12.8 Å². The summed E-state index contributed by atoms with van der Waals surface area (Å²) in [5, 5.41) is 6.80. The molecule has 142 valence electrons. The Morgan fingerprint density at radius 3 is 2.70 bits per heavy atom. The SMILES string of the molecule is CCOc1cc(/C=N/NC(N)=S)ccc1OCC(=O)Nc1ccccc1C. The number of anilines is 1. The Labute approximate surface area is 163 Å². The van der Waals surface area contributed by atoms with E-state index in [4.69, 9.17) is 15.2 Å². The zero-order valence-corrected chi connectivity index (χ0v) is 16.0. The van der Waals surface area contributed by atoms with Crippen molar-refractivity contribution in [2.45, 2.75) is 13.8 Å². The molecule has 1 amide bonds. The second kappa shape index (κ2) is 10.1. The van der Waals surface area contributed by atoms with Crippen LogP contribution in [0.4, 0.5) is 5.69 Å². The Hall–Kier alpha value is -3.13. The molecule has 0 saturated carbocycles. The quantitative estimate of drug-likeness (QED) is 0.366. The second-order valence-corrected chi connectivity index (χ2v) is 5.97. The number of nitrogens with two attached hydrogens (primary N) is 1. The Morgan fingerprint density at radius 2 is 2.00 bits per heavy atom. The lowest BCUT2D eigenvalue weighted by Crippen LogP contribution is -2.24. The number of ether oxygens (including phenoxy) is 2. The van der Waals surface area contributed by atoms with Gasteiger partial charge < -0.3 is 20.5 Å². The number of para-hydroxylation sites is 1. The van der Waals surface area contributed by atoms with Crippen LogP contribution in [-0.4, -0.2) is 30.4 Å². The number of nitrogens with zero attached hydrogens (tertiary/aromatic N) is 1. The number of carbonyl (C=O) groups is 1. The van der Waals surface area contributed by atoms with Gasteiger partial charge in [0, 0.05) is 5.69 Å². The summed E-state index contributed by atoms with van der Waals surface area (Å²) < 4.78 is 11.2. The lowest BCUT2D eigenvalue weighted by molar-refractivity contribution is -0.118. The van der Waals surface area contributed by atoms with Gasteiger partial charge in [-0.3, -0.25) is 10.2 Å². The van der Waals surface area contributed by atoms with Crippen molar-refractivity contribution in [1.29, 1.82) is 0 Å². The van der Waals surface area contributed by atoms with E-state index in [0.29, 0.717) is 18.1 Å². The third-order valence-electron chi connectivity index (χ3n) is 3.43. The molecule has 0 aliphatic heterocycles. The van der Waals surface area contributed by atoms with E-state index in [1.54, 1.807) is 24.4 Å². The molecule has 0 unspecified atom stereocenters. The zero-order chi connectivity index (χ0) is 19.6. The fourth-order valence-electron chi connectivity index (χ4n) is 2.21. The normalized spacial score (nSPS) is 10.4. The molecule has 8 heteroatoms. The van der Waals surface area contributed by atoms with Crippen LogP contribution in [0.2, 0.25) is 0 Å². The molecule has 0 aliphatic rings. The highest BCUT2D eigenvalue weighted by atomic mass is 32.1. The lowest BCUT2D eigenvalue weighted by Gasteiger charge is -2.13. The number of nitrogens with one attached hydrogen (secondary N) is 2. The van der Waals surface area contributed by atoms with E-state index in [9.17, 15) is 4.79 Å². The molecule has 0 fully saturated rings. The topological polar surface area (TPSA) is 98.0 Å². The smallest absolute Gasteiger partial charge is 0.262 e. The number of hydrogen-bond acceptors (Lipinski definition) is 5. The molecule has 0 radical (unpaired) electrons. The fourth-order valence-corrected chi connectivity index (χ4v) is 2.26. The van der Waals surface area contributed by atoms with Gasteiger partial charge in [0.25, 0.3) is 5.91 Å². The summed E-state index contributed by atoms with van der Waals surface area (Å²) in [5.74, 6) is 0.731. The predicted octanol–water partition coefficient (Wildman–Crippen LogP) is 2.58. The van der Waals surface area contributed by atoms with Gasteiger partial charge in [-0.15, -0.1) is 0 Å². The minimum Gasteiger partial charge on any atom is -0.490 e. The standard InChI is InChI=1S/C19H22N4O3S/c1-3-25-17-10-14(11-21-23-19(20)27)8-9-16(17)26-12-18(24)22-15-7-5-4-6-13(15)2/h4-11H,3,12H2,1-2H3,(H,22,24)(H3,20,23,27)/b21-11+. The molecule has 2 aromatic rings. The van der Waals surface area contributed by atoms with Gasteiger partial charge >= 0.3 is 0 Å². The predicted molar refractivity (Wildman–Crippen MR) is 110 cm³/mol. The molecule has 0 heterocycles. The summed E-state index contributed by atoms with van der Waals surface area (Å²) in [5.41, 5.74) is 10.3. The average molecular weight is 386 g/mol. The third-order valence-corrected chi connectivity index (χ3v) is 3.53. The molecular formula is C19H22N4O3S. The first-order valence-corrected chi connectivity index (χ1v) is 8.74. The molecule has 0 saturated heterocycles. The Bertz CT molecular complexity index is 839. The summed E-state index contributed by atoms with van der Waals surface area (Å²) in [6.45, 7) is 4.11. The van der Waals surface area contributed by atoms with Gasteiger partial charge in [-0.05, 0) is 61.5 Å². The molecule has 0 spiro atoms. The van der Waals surface area contributed by atoms with Gasteiger partial charge in [0.1, 0.15) is 0 Å². The Kier molecular flexibility index (Phi) is 7.57. The van der Waals surface area contributed by atoms with Gasteiger partial charge in [-0.25, -0.2) is 0 Å². The number of amides is 1. The van der Waals surface area contributed by atoms with Crippen LogP contribution in [0.3, 0.4) is 0 Å². The minimum absolute atomic E-state index is 0.0795. The number of aryl methyl sites for hydroxylation is 1. The number of rotatable bonds is 8. The molecule has 2 aromatic carbocycles. The lowest BCUT2D eigenvalue weighted by atomic mass is 10.2. The van der Waals surface area contributed by atoms with Gasteiger partial charge in [0.15, 0.2) is 23.2 Å². The van der Waals surface area contributed by atoms with Crippen LogP contribution in [0.15, 0.2) is 47.6 Å². The van der Waals surface area contributed by atoms with E-state index >= 15 is 0 Å². The average Bonchev–Trinajstić information content (AvgIpc) is 2.63. The molecule has 0 aliphatic carbocycles. The van der Waals surface area contributed by atoms with E-state index in [2.05, 4.69) is 28.1 Å². The molecule has 7 nitrogen and oxygen atoms in total. The summed E-state index contributed by atoms with van der Waals surface area (Å²) >= 11 is 4.68. The van der Waals surface area contributed by atoms with Crippen molar-refractivity contribution in [3.8, 4) is 11.5 Å². The van der Waals surface area contributed by atoms with E-state index in [-0.39, 0.29) is 17.6 Å². The first kappa shape index (κ1) is 20.2. The largest absolute Gasteiger partial charge is 0.490 e. The van der Waals surface area contributed by atoms with Crippen LogP contribution in [0, 0.1) is 6.92 Å². The maximum absolute atomic E-state index is 12.1. The molecule has 0 atom stereocenters. The van der Waals surface area contributed by atoms with Crippen molar-refractivity contribution in [2.24, 2.45) is 10.8 Å². The molecule has 27 heavy (non-hydrogen) atoms. The first-order chi connectivity index (χ1) is 13.0. The summed E-state index contributed by atoms with van der Waals surface area (Å²) in [4.78, 5) is 12.1. The highest BCUT2D eigenvalue weighted by molar-refractivity contribution is 7.80. The Morgan fingerprint density at radius 1 is 1.22 bits per heavy atom. The molecule has 0 aromatic heterocycles. The summed E-state index contributed by atoms with van der Waals surface area (Å²) in [6, 6.07) is 12.8. The number of hydrogen-bond donors (Lipinski definition) is 3. The van der Waals surface area contributed by atoms with Crippen LogP contribution < -0.4 is 25.9 Å². The molecule has 4 N–H and O–H groups in total. The number of thiocarbonyl (C=S) groups is 1. The monoisotopic (exact) mass is 386 g/mol. The first-order valence-electron chi connectivity index (χ1n) is 8.33. The highest BCUT2D eigenvalue weighted by Gasteiger charge is 2.10. The van der Waals surface area contributed by atoms with Crippen molar-refractivity contribution >= 4 is 35.1 Å². The van der Waals surface area contributed by atoms with E-state index in [1.807, 2.05) is 38.1 Å². The van der Waals surface area contributed by atoms with Crippen molar-refractivity contribution in [1.82, 2.24) is 5.43 Å². The fraction of sp³-hybridized carbons (Fsp3) is 0.211. The van der Waals surface area contributed by atoms with Crippen molar-refractivity contribution in [3.63, 3.8) is 0 Å². The van der Waals surface area contributed by atoms with Crippen molar-refractivity contribution in [3.05, 3.63) is 53.6 Å². The van der Waals surface area contributed by atoms with Crippen LogP contribution in [0.25, 0.3) is 0 Å². The van der Waals surface area contributed by atoms with Crippen molar-refractivity contribution in [2.75, 3.05) is 18.5 Å². The van der Waals surface area contributed by atoms with Gasteiger partial charge in [-0.1, -0.05) is 18.2 Å². The van der Waals surface area contributed by atoms with Crippen LogP contribution in [0.5, 0.6) is 11.5 Å². The van der Waals surface area contributed by atoms with Crippen LogP contribution in [0.1, 0.15) is 18.1 Å². The highest BCUT2D eigenvalue weighted by Crippen LogP contribution is 2.28. The molecule has 2 rings (SSSR count). The third kappa shape index (κ3) is 6.59. The molecule has 0 bridgehead atoms. The maximum atomic E-state index is 12.1. The van der Waals surface area contributed by atoms with Gasteiger partial charge in [0.2, 0.25) is 0 Å². The van der Waals surface area contributed by atoms with Crippen molar-refractivity contribution < 1.29 is 14.3 Å². The van der Waals surface area contributed by atoms with E-state index < -0.39 is 0 Å².